The summed E-state index contributed by atoms with van der Waals surface area (Å²) in [6, 6.07) is 6.84. The number of carbonyl (C=O) groups is 1. The second-order valence-corrected chi connectivity index (χ2v) is 6.23. The summed E-state index contributed by atoms with van der Waals surface area (Å²) in [7, 11) is 0. The van der Waals surface area contributed by atoms with Crippen LogP contribution in [0.2, 0.25) is 10.0 Å². The van der Waals surface area contributed by atoms with Gasteiger partial charge in [0.05, 0.1) is 28.4 Å². The number of hydrogen-bond donors (Lipinski definition) is 2. The fourth-order valence-electron chi connectivity index (χ4n) is 1.66. The molecule has 0 saturated heterocycles. The number of nitrogen functional groups attached to an aromatic ring is 1. The third kappa shape index (κ3) is 4.88. The molecule has 0 aliphatic heterocycles. The van der Waals surface area contributed by atoms with Crippen LogP contribution >= 0.6 is 35.0 Å². The van der Waals surface area contributed by atoms with Crippen LogP contribution in [0, 0.1) is 0 Å². The number of benzene rings is 1. The van der Waals surface area contributed by atoms with E-state index in [2.05, 4.69) is 5.32 Å². The van der Waals surface area contributed by atoms with Crippen molar-refractivity contribution in [1.82, 2.24) is 0 Å². The highest BCUT2D eigenvalue weighted by Gasteiger charge is 2.10. The lowest BCUT2D eigenvalue weighted by molar-refractivity contribution is -0.115. The van der Waals surface area contributed by atoms with Crippen LogP contribution in [0.5, 0.6) is 0 Å². The van der Waals surface area contributed by atoms with Crippen LogP contribution in [-0.2, 0) is 10.5 Å². The average Bonchev–Trinajstić information content (AvgIpc) is 2.92. The molecule has 0 atom stereocenters. The van der Waals surface area contributed by atoms with E-state index < -0.39 is 0 Å². The smallest absolute Gasteiger partial charge is 0.225 e. The molecular formula is C14H14Cl2N2O2S. The van der Waals surface area contributed by atoms with Crippen LogP contribution in [0.15, 0.2) is 34.9 Å². The molecule has 0 fully saturated rings. The number of nitrogens with one attached hydrogen (secondary N) is 1. The van der Waals surface area contributed by atoms with Gasteiger partial charge < -0.3 is 15.5 Å². The highest BCUT2D eigenvalue weighted by Crippen LogP contribution is 2.32. The number of nitrogens with two attached hydrogens (primary N) is 1. The minimum absolute atomic E-state index is 0.141. The second-order valence-electron chi connectivity index (χ2n) is 4.28. The van der Waals surface area contributed by atoms with E-state index in [0.29, 0.717) is 33.6 Å². The second kappa shape index (κ2) is 7.64. The van der Waals surface area contributed by atoms with Gasteiger partial charge in [0.2, 0.25) is 5.91 Å². The fourth-order valence-corrected chi connectivity index (χ4v) is 3.06. The van der Waals surface area contributed by atoms with Crippen molar-refractivity contribution in [3.05, 3.63) is 46.3 Å². The van der Waals surface area contributed by atoms with Gasteiger partial charge in [0.15, 0.2) is 0 Å². The highest BCUT2D eigenvalue weighted by molar-refractivity contribution is 7.98. The minimum Gasteiger partial charge on any atom is -0.468 e. The molecule has 2 aromatic rings. The highest BCUT2D eigenvalue weighted by atomic mass is 35.5. The molecule has 1 aromatic carbocycles. The Labute approximate surface area is 137 Å². The first kappa shape index (κ1) is 16.1. The Kier molecular flexibility index (Phi) is 5.85. The molecule has 0 aliphatic rings. The number of halogens is 2. The Morgan fingerprint density at radius 1 is 1.38 bits per heavy atom. The zero-order valence-electron chi connectivity index (χ0n) is 11.1. The zero-order chi connectivity index (χ0) is 15.2. The van der Waals surface area contributed by atoms with Crippen LogP contribution in [0.1, 0.15) is 12.2 Å². The third-order valence-electron chi connectivity index (χ3n) is 2.65. The maximum Gasteiger partial charge on any atom is 0.225 e. The topological polar surface area (TPSA) is 68.3 Å². The lowest BCUT2D eigenvalue weighted by atomic mass is 10.2. The summed E-state index contributed by atoms with van der Waals surface area (Å²) in [5, 5.41) is 3.47. The number of hydrogen-bond acceptors (Lipinski definition) is 4. The molecule has 2 rings (SSSR count). The average molecular weight is 345 g/mol. The van der Waals surface area contributed by atoms with Gasteiger partial charge in [-0.25, -0.2) is 0 Å². The zero-order valence-corrected chi connectivity index (χ0v) is 13.4. The van der Waals surface area contributed by atoms with E-state index in [4.69, 9.17) is 33.4 Å². The third-order valence-corrected chi connectivity index (χ3v) is 4.15. The number of carbonyl (C=O) groups excluding carboxylic acids is 1. The minimum atomic E-state index is -0.141. The molecule has 0 saturated carbocycles. The summed E-state index contributed by atoms with van der Waals surface area (Å²) < 4.78 is 5.21. The molecule has 0 spiro atoms. The molecule has 112 valence electrons. The number of thioether (sulfide) groups is 1. The van der Waals surface area contributed by atoms with E-state index in [1.54, 1.807) is 30.2 Å². The van der Waals surface area contributed by atoms with Crippen LogP contribution in [0.4, 0.5) is 11.4 Å². The van der Waals surface area contributed by atoms with Crippen molar-refractivity contribution in [2.24, 2.45) is 0 Å². The van der Waals surface area contributed by atoms with Crippen LogP contribution in [-0.4, -0.2) is 11.7 Å². The summed E-state index contributed by atoms with van der Waals surface area (Å²) in [5.41, 5.74) is 6.54. The van der Waals surface area contributed by atoms with E-state index in [1.165, 1.54) is 0 Å². The lowest BCUT2D eigenvalue weighted by Crippen LogP contribution is -2.14. The molecule has 0 aliphatic carbocycles. The van der Waals surface area contributed by atoms with E-state index in [9.17, 15) is 4.79 Å². The summed E-state index contributed by atoms with van der Waals surface area (Å²) in [5.74, 6) is 2.17. The van der Waals surface area contributed by atoms with Gasteiger partial charge in [-0.1, -0.05) is 23.2 Å². The Balaban J connectivity index is 1.79. The van der Waals surface area contributed by atoms with Gasteiger partial charge in [-0.3, -0.25) is 4.79 Å². The molecule has 21 heavy (non-hydrogen) atoms. The standard InChI is InChI=1S/C14H14Cl2N2O2S/c15-9-6-11(16)14(12(17)7-9)18-13(19)3-5-21-8-10-2-1-4-20-10/h1-2,4,6-7H,3,5,8,17H2,(H,18,19). The fraction of sp³-hybridized carbons (Fsp3) is 0.214. The maximum atomic E-state index is 11.9. The maximum absolute atomic E-state index is 11.9. The van der Waals surface area contributed by atoms with Crippen molar-refractivity contribution >= 4 is 52.2 Å². The molecule has 1 heterocycles. The molecule has 3 N–H and O–H groups in total. The molecule has 4 nitrogen and oxygen atoms in total. The van der Waals surface area contributed by atoms with Gasteiger partial charge >= 0.3 is 0 Å². The van der Waals surface area contributed by atoms with Crippen LogP contribution < -0.4 is 11.1 Å². The largest absolute Gasteiger partial charge is 0.468 e. The van der Waals surface area contributed by atoms with Crippen molar-refractivity contribution in [2.45, 2.75) is 12.2 Å². The van der Waals surface area contributed by atoms with Crippen LogP contribution in [0.3, 0.4) is 0 Å². The molecular weight excluding hydrogens is 331 g/mol. The first-order chi connectivity index (χ1) is 10.1. The SMILES string of the molecule is Nc1cc(Cl)cc(Cl)c1NC(=O)CCSCc1ccco1. The lowest BCUT2D eigenvalue weighted by Gasteiger charge is -2.10. The summed E-state index contributed by atoms with van der Waals surface area (Å²) in [6.45, 7) is 0. The number of anilines is 2. The van der Waals surface area contributed by atoms with Crippen molar-refractivity contribution < 1.29 is 9.21 Å². The molecule has 0 radical (unpaired) electrons. The van der Waals surface area contributed by atoms with Crippen molar-refractivity contribution in [3.8, 4) is 0 Å². The molecule has 1 aromatic heterocycles. The predicted octanol–water partition coefficient (Wildman–Crippen LogP) is 4.43. The van der Waals surface area contributed by atoms with Gasteiger partial charge in [-0.2, -0.15) is 11.8 Å². The van der Waals surface area contributed by atoms with E-state index >= 15 is 0 Å². The van der Waals surface area contributed by atoms with Gasteiger partial charge in [-0.15, -0.1) is 0 Å². The van der Waals surface area contributed by atoms with Gasteiger partial charge in [0, 0.05) is 17.2 Å². The Morgan fingerprint density at radius 3 is 2.86 bits per heavy atom. The molecule has 0 unspecified atom stereocenters. The van der Waals surface area contributed by atoms with E-state index in [-0.39, 0.29) is 5.91 Å². The molecule has 1 amide bonds. The van der Waals surface area contributed by atoms with Crippen LogP contribution in [0.25, 0.3) is 0 Å². The first-order valence-corrected chi connectivity index (χ1v) is 8.12. The molecule has 0 bridgehead atoms. The summed E-state index contributed by atoms with van der Waals surface area (Å²) >= 11 is 13.5. The first-order valence-electron chi connectivity index (χ1n) is 6.21. The Morgan fingerprint density at radius 2 is 2.19 bits per heavy atom. The summed E-state index contributed by atoms with van der Waals surface area (Å²) in [6.07, 6.45) is 2.00. The quantitative estimate of drug-likeness (QED) is 0.600. The Bertz CT molecular complexity index is 594. The number of rotatable bonds is 6. The molecule has 7 heteroatoms. The monoisotopic (exact) mass is 344 g/mol. The van der Waals surface area contributed by atoms with E-state index in [0.717, 1.165) is 11.5 Å². The van der Waals surface area contributed by atoms with Gasteiger partial charge in [0.1, 0.15) is 5.76 Å². The van der Waals surface area contributed by atoms with Crippen molar-refractivity contribution in [1.29, 1.82) is 0 Å². The van der Waals surface area contributed by atoms with Crippen molar-refractivity contribution in [2.75, 3.05) is 16.8 Å². The van der Waals surface area contributed by atoms with E-state index in [1.807, 2.05) is 12.1 Å². The summed E-state index contributed by atoms with van der Waals surface area (Å²) in [4.78, 5) is 11.9. The normalized spacial score (nSPS) is 10.6. The number of amides is 1. The number of furan rings is 1. The predicted molar refractivity (Wildman–Crippen MR) is 89.0 cm³/mol. The van der Waals surface area contributed by atoms with Gasteiger partial charge in [0.25, 0.3) is 0 Å². The van der Waals surface area contributed by atoms with Crippen molar-refractivity contribution in [3.63, 3.8) is 0 Å². The van der Waals surface area contributed by atoms with Gasteiger partial charge in [-0.05, 0) is 24.3 Å². The Hall–Kier alpha value is -1.30.